The van der Waals surface area contributed by atoms with Crippen LogP contribution < -0.4 is 4.90 Å². The molecule has 1 aliphatic heterocycles. The second-order valence-corrected chi connectivity index (χ2v) is 7.43. The van der Waals surface area contributed by atoms with Gasteiger partial charge in [0.05, 0.1) is 16.2 Å². The fraction of sp³-hybridized carbons (Fsp3) is 0.0556. The van der Waals surface area contributed by atoms with Crippen LogP contribution in [0.5, 0.6) is 0 Å². The highest BCUT2D eigenvalue weighted by Crippen LogP contribution is 2.37. The first-order chi connectivity index (χ1) is 11.9. The molecule has 25 heavy (non-hydrogen) atoms. The molecule has 0 saturated carbocycles. The minimum atomic E-state index is -1.04. The fourth-order valence-corrected chi connectivity index (χ4v) is 3.88. The standard InChI is InChI=1S/C18H12ClNO3S2/c1-10-6-7-12(9-13(10)17(22)23)20-16(21)15(25-18(20)24)8-11-4-2-3-5-14(11)19/h2-9H,1H3,(H,22,23). The summed E-state index contributed by atoms with van der Waals surface area (Å²) in [5.74, 6) is -1.34. The Morgan fingerprint density at radius 2 is 2.00 bits per heavy atom. The van der Waals surface area contributed by atoms with Crippen molar-refractivity contribution in [1.82, 2.24) is 0 Å². The number of halogens is 1. The van der Waals surface area contributed by atoms with Crippen LogP contribution in [0.1, 0.15) is 21.5 Å². The van der Waals surface area contributed by atoms with Gasteiger partial charge in [0.25, 0.3) is 5.91 Å². The van der Waals surface area contributed by atoms with Gasteiger partial charge in [-0.15, -0.1) is 0 Å². The number of aryl methyl sites for hydroxylation is 1. The molecule has 0 spiro atoms. The molecule has 0 radical (unpaired) electrons. The second-order valence-electron chi connectivity index (χ2n) is 5.34. The lowest BCUT2D eigenvalue weighted by atomic mass is 10.1. The van der Waals surface area contributed by atoms with Gasteiger partial charge in [0.15, 0.2) is 4.32 Å². The zero-order chi connectivity index (χ0) is 18.1. The predicted molar refractivity (Wildman–Crippen MR) is 105 cm³/mol. The molecule has 126 valence electrons. The number of aromatic carboxylic acids is 1. The summed E-state index contributed by atoms with van der Waals surface area (Å²) in [5, 5.41) is 9.81. The summed E-state index contributed by atoms with van der Waals surface area (Å²) < 4.78 is 0.350. The maximum atomic E-state index is 12.8. The molecule has 3 rings (SSSR count). The van der Waals surface area contributed by atoms with Gasteiger partial charge in [0.1, 0.15) is 0 Å². The van der Waals surface area contributed by atoms with E-state index >= 15 is 0 Å². The zero-order valence-corrected chi connectivity index (χ0v) is 15.4. The molecule has 2 aromatic carbocycles. The zero-order valence-electron chi connectivity index (χ0n) is 13.0. The molecule has 0 bridgehead atoms. The Hall–Kier alpha value is -2.15. The van der Waals surface area contributed by atoms with E-state index in [-0.39, 0.29) is 11.5 Å². The third kappa shape index (κ3) is 3.46. The highest BCUT2D eigenvalue weighted by atomic mass is 35.5. The van der Waals surface area contributed by atoms with E-state index in [0.717, 1.165) is 17.3 Å². The number of anilines is 1. The molecule has 0 atom stereocenters. The molecule has 1 fully saturated rings. The van der Waals surface area contributed by atoms with E-state index < -0.39 is 5.97 Å². The molecule has 0 aliphatic carbocycles. The quantitative estimate of drug-likeness (QED) is 0.606. The largest absolute Gasteiger partial charge is 0.478 e. The Kier molecular flexibility index (Phi) is 4.94. The lowest BCUT2D eigenvalue weighted by Gasteiger charge is -2.15. The van der Waals surface area contributed by atoms with Crippen molar-refractivity contribution in [2.24, 2.45) is 0 Å². The smallest absolute Gasteiger partial charge is 0.336 e. The van der Waals surface area contributed by atoms with Crippen LogP contribution in [0, 0.1) is 6.92 Å². The van der Waals surface area contributed by atoms with E-state index in [4.69, 9.17) is 23.8 Å². The van der Waals surface area contributed by atoms with Crippen LogP contribution in [0.3, 0.4) is 0 Å². The van der Waals surface area contributed by atoms with E-state index in [2.05, 4.69) is 0 Å². The van der Waals surface area contributed by atoms with Gasteiger partial charge < -0.3 is 5.11 Å². The Balaban J connectivity index is 1.99. The number of carbonyl (C=O) groups is 2. The summed E-state index contributed by atoms with van der Waals surface area (Å²) in [6.45, 7) is 1.70. The van der Waals surface area contributed by atoms with Gasteiger partial charge in [-0.2, -0.15) is 0 Å². The molecule has 1 saturated heterocycles. The fourth-order valence-electron chi connectivity index (χ4n) is 2.40. The third-order valence-electron chi connectivity index (χ3n) is 3.70. The second kappa shape index (κ2) is 7.00. The van der Waals surface area contributed by atoms with E-state index in [1.807, 2.05) is 18.2 Å². The van der Waals surface area contributed by atoms with Crippen molar-refractivity contribution in [3.05, 3.63) is 69.1 Å². The van der Waals surface area contributed by atoms with E-state index in [9.17, 15) is 14.7 Å². The van der Waals surface area contributed by atoms with Crippen molar-refractivity contribution >= 4 is 63.5 Å². The molecule has 0 unspecified atom stereocenters. The highest BCUT2D eigenvalue weighted by Gasteiger charge is 2.33. The number of benzene rings is 2. The number of nitrogens with zero attached hydrogens (tertiary/aromatic N) is 1. The van der Waals surface area contributed by atoms with Crippen molar-refractivity contribution in [3.63, 3.8) is 0 Å². The summed E-state index contributed by atoms with van der Waals surface area (Å²) in [7, 11) is 0. The maximum Gasteiger partial charge on any atom is 0.336 e. The summed E-state index contributed by atoms with van der Waals surface area (Å²) in [6.07, 6.45) is 1.69. The van der Waals surface area contributed by atoms with E-state index in [1.165, 1.54) is 11.0 Å². The van der Waals surface area contributed by atoms with Gasteiger partial charge in [0.2, 0.25) is 0 Å². The monoisotopic (exact) mass is 389 g/mol. The van der Waals surface area contributed by atoms with Gasteiger partial charge in [-0.25, -0.2) is 4.79 Å². The number of hydrogen-bond acceptors (Lipinski definition) is 4. The Morgan fingerprint density at radius 1 is 1.28 bits per heavy atom. The van der Waals surface area contributed by atoms with Gasteiger partial charge >= 0.3 is 5.97 Å². The van der Waals surface area contributed by atoms with Crippen LogP contribution in [-0.4, -0.2) is 21.3 Å². The number of amides is 1. The third-order valence-corrected chi connectivity index (χ3v) is 5.34. The first-order valence-corrected chi connectivity index (χ1v) is 8.85. The number of carboxylic acids is 1. The minimum Gasteiger partial charge on any atom is -0.478 e. The number of carboxylic acid groups (broad SMARTS) is 1. The lowest BCUT2D eigenvalue weighted by molar-refractivity contribution is -0.113. The maximum absolute atomic E-state index is 12.8. The Morgan fingerprint density at radius 3 is 2.68 bits per heavy atom. The van der Waals surface area contributed by atoms with Gasteiger partial charge in [-0.3, -0.25) is 9.69 Å². The molecular weight excluding hydrogens is 378 g/mol. The summed E-state index contributed by atoms with van der Waals surface area (Å²) >= 11 is 12.6. The first kappa shape index (κ1) is 17.7. The van der Waals surface area contributed by atoms with Crippen LogP contribution in [0.4, 0.5) is 5.69 Å². The van der Waals surface area contributed by atoms with Crippen LogP contribution in [0.25, 0.3) is 6.08 Å². The highest BCUT2D eigenvalue weighted by molar-refractivity contribution is 8.27. The number of hydrogen-bond donors (Lipinski definition) is 1. The predicted octanol–water partition coefficient (Wildman–Crippen LogP) is 4.75. The van der Waals surface area contributed by atoms with Crippen LogP contribution >= 0.6 is 35.6 Å². The van der Waals surface area contributed by atoms with Crippen molar-refractivity contribution in [1.29, 1.82) is 0 Å². The SMILES string of the molecule is Cc1ccc(N2C(=O)C(=Cc3ccccc3Cl)SC2=S)cc1C(=O)O. The number of thiocarbonyl (C=S) groups is 1. The van der Waals surface area contributed by atoms with Crippen molar-refractivity contribution < 1.29 is 14.7 Å². The Labute approximate surface area is 159 Å². The molecule has 0 aromatic heterocycles. The van der Waals surface area contributed by atoms with Crippen molar-refractivity contribution in [2.45, 2.75) is 6.92 Å². The summed E-state index contributed by atoms with van der Waals surface area (Å²) in [4.78, 5) is 25.9. The van der Waals surface area contributed by atoms with Crippen molar-refractivity contribution in [2.75, 3.05) is 4.90 Å². The van der Waals surface area contributed by atoms with Crippen LogP contribution in [0.15, 0.2) is 47.4 Å². The molecule has 1 heterocycles. The lowest BCUT2D eigenvalue weighted by Crippen LogP contribution is -2.27. The molecule has 1 aliphatic rings. The van der Waals surface area contributed by atoms with Gasteiger partial charge in [-0.1, -0.05) is 59.8 Å². The molecular formula is C18H12ClNO3S2. The summed E-state index contributed by atoms with van der Waals surface area (Å²) in [5.41, 5.74) is 1.92. The normalized spacial score (nSPS) is 15.9. The number of thioether (sulfide) groups is 1. The Bertz CT molecular complexity index is 940. The number of carbonyl (C=O) groups excluding carboxylic acids is 1. The van der Waals surface area contributed by atoms with Gasteiger partial charge in [0, 0.05) is 5.02 Å². The first-order valence-electron chi connectivity index (χ1n) is 7.25. The average Bonchev–Trinajstić information content (AvgIpc) is 2.84. The average molecular weight is 390 g/mol. The summed E-state index contributed by atoms with van der Waals surface area (Å²) in [6, 6.07) is 12.0. The minimum absolute atomic E-state index is 0.140. The van der Waals surface area contributed by atoms with Gasteiger partial charge in [-0.05, 0) is 42.3 Å². The molecule has 1 amide bonds. The van der Waals surface area contributed by atoms with Crippen molar-refractivity contribution in [3.8, 4) is 0 Å². The number of rotatable bonds is 3. The topological polar surface area (TPSA) is 57.6 Å². The molecule has 4 nitrogen and oxygen atoms in total. The van der Waals surface area contributed by atoms with E-state index in [1.54, 1.807) is 31.2 Å². The molecule has 7 heteroatoms. The van der Waals surface area contributed by atoms with E-state index in [0.29, 0.717) is 25.5 Å². The molecule has 2 aromatic rings. The molecule has 1 N–H and O–H groups in total. The van der Waals surface area contributed by atoms with Crippen LogP contribution in [0.2, 0.25) is 5.02 Å². The van der Waals surface area contributed by atoms with Crippen LogP contribution in [-0.2, 0) is 4.79 Å².